The van der Waals surface area contributed by atoms with Crippen LogP contribution in [0.2, 0.25) is 0 Å². The van der Waals surface area contributed by atoms with Crippen molar-refractivity contribution in [1.29, 1.82) is 0 Å². The number of rotatable bonds is 5. The summed E-state index contributed by atoms with van der Waals surface area (Å²) in [7, 11) is 0. The van der Waals surface area contributed by atoms with E-state index in [0.717, 1.165) is 6.42 Å². The zero-order valence-corrected chi connectivity index (χ0v) is 9.59. The van der Waals surface area contributed by atoms with Crippen molar-refractivity contribution in [1.82, 2.24) is 5.32 Å². The van der Waals surface area contributed by atoms with E-state index in [4.69, 9.17) is 4.74 Å². The van der Waals surface area contributed by atoms with Crippen molar-refractivity contribution in [3.8, 4) is 0 Å². The topological polar surface area (TPSA) is 38.3 Å². The van der Waals surface area contributed by atoms with Gasteiger partial charge in [-0.2, -0.15) is 0 Å². The molecule has 0 bridgehead atoms. The van der Waals surface area contributed by atoms with Crippen LogP contribution < -0.4 is 5.32 Å². The number of amides is 1. The Hall–Kier alpha value is -0.830. The number of carbonyl (C=O) groups is 1. The largest absolute Gasteiger partial charge is 0.376 e. The molecule has 3 heteroatoms. The molecule has 0 aliphatic rings. The molecule has 0 aliphatic heterocycles. The molecule has 0 aromatic rings. The van der Waals surface area contributed by atoms with Crippen molar-refractivity contribution in [2.75, 3.05) is 6.61 Å². The molecule has 0 aliphatic carbocycles. The van der Waals surface area contributed by atoms with Crippen molar-refractivity contribution < 1.29 is 9.53 Å². The van der Waals surface area contributed by atoms with Crippen molar-refractivity contribution in [3.05, 3.63) is 12.7 Å². The predicted molar refractivity (Wildman–Crippen MR) is 58.1 cm³/mol. The lowest BCUT2D eigenvalue weighted by atomic mass is 10.2. The fourth-order valence-corrected chi connectivity index (χ4v) is 0.916. The summed E-state index contributed by atoms with van der Waals surface area (Å²) in [5, 5.41) is 2.78. The van der Waals surface area contributed by atoms with Gasteiger partial charge in [-0.25, -0.2) is 0 Å². The lowest BCUT2D eigenvalue weighted by molar-refractivity contribution is -0.117. The van der Waals surface area contributed by atoms with E-state index in [1.165, 1.54) is 6.08 Å². The summed E-state index contributed by atoms with van der Waals surface area (Å²) in [6.45, 7) is 12.0. The van der Waals surface area contributed by atoms with E-state index in [2.05, 4.69) is 11.9 Å². The zero-order valence-electron chi connectivity index (χ0n) is 9.59. The Morgan fingerprint density at radius 3 is 2.57 bits per heavy atom. The van der Waals surface area contributed by atoms with E-state index < -0.39 is 0 Å². The standard InChI is InChI=1S/C11H21NO2/c1-6-10(13)12-9(2)7-8-14-11(3,4)5/h6,9H,1,7-8H2,2-5H3,(H,12,13)/t9-/m0/s1. The first kappa shape index (κ1) is 13.2. The smallest absolute Gasteiger partial charge is 0.243 e. The van der Waals surface area contributed by atoms with E-state index in [9.17, 15) is 4.79 Å². The van der Waals surface area contributed by atoms with E-state index in [1.54, 1.807) is 0 Å². The molecule has 0 heterocycles. The van der Waals surface area contributed by atoms with Crippen LogP contribution in [0.15, 0.2) is 12.7 Å². The van der Waals surface area contributed by atoms with Gasteiger partial charge in [0.1, 0.15) is 0 Å². The summed E-state index contributed by atoms with van der Waals surface area (Å²) in [6.07, 6.45) is 2.10. The summed E-state index contributed by atoms with van der Waals surface area (Å²) in [4.78, 5) is 10.9. The minimum absolute atomic E-state index is 0.109. The van der Waals surface area contributed by atoms with Gasteiger partial charge in [0.15, 0.2) is 0 Å². The molecule has 0 fully saturated rings. The number of hydrogen-bond acceptors (Lipinski definition) is 2. The lowest BCUT2D eigenvalue weighted by Gasteiger charge is -2.21. The van der Waals surface area contributed by atoms with Crippen LogP contribution in [0.3, 0.4) is 0 Å². The highest BCUT2D eigenvalue weighted by molar-refractivity contribution is 5.87. The molecule has 0 saturated carbocycles. The van der Waals surface area contributed by atoms with Gasteiger partial charge in [0.05, 0.1) is 5.60 Å². The molecule has 0 spiro atoms. The molecular formula is C11H21NO2. The molecule has 1 atom stereocenters. The van der Waals surface area contributed by atoms with Gasteiger partial charge in [-0.15, -0.1) is 0 Å². The SMILES string of the molecule is C=CC(=O)N[C@@H](C)CCOC(C)(C)C. The third-order valence-electron chi connectivity index (χ3n) is 1.66. The van der Waals surface area contributed by atoms with Crippen LogP contribution in [-0.4, -0.2) is 24.2 Å². The third kappa shape index (κ3) is 7.80. The second-order valence-electron chi connectivity index (χ2n) is 4.36. The average molecular weight is 199 g/mol. The van der Waals surface area contributed by atoms with Crippen LogP contribution in [0, 0.1) is 0 Å². The molecule has 0 rings (SSSR count). The van der Waals surface area contributed by atoms with Crippen molar-refractivity contribution in [2.24, 2.45) is 0 Å². The normalized spacial score (nSPS) is 13.4. The molecule has 3 nitrogen and oxygen atoms in total. The quantitative estimate of drug-likeness (QED) is 0.687. The summed E-state index contributed by atoms with van der Waals surface area (Å²) >= 11 is 0. The molecule has 0 aromatic heterocycles. The number of carbonyl (C=O) groups excluding carboxylic acids is 1. The van der Waals surface area contributed by atoms with Crippen LogP contribution >= 0.6 is 0 Å². The minimum atomic E-state index is -0.131. The second kappa shape index (κ2) is 5.81. The monoisotopic (exact) mass is 199 g/mol. The maximum atomic E-state index is 10.9. The summed E-state index contributed by atoms with van der Waals surface area (Å²) in [5.41, 5.74) is -0.109. The van der Waals surface area contributed by atoms with Crippen LogP contribution in [0.25, 0.3) is 0 Å². The maximum absolute atomic E-state index is 10.9. The van der Waals surface area contributed by atoms with Gasteiger partial charge < -0.3 is 10.1 Å². The molecule has 1 N–H and O–H groups in total. The first-order valence-corrected chi connectivity index (χ1v) is 4.92. The Morgan fingerprint density at radius 2 is 2.14 bits per heavy atom. The second-order valence-corrected chi connectivity index (χ2v) is 4.36. The Balaban J connectivity index is 3.59. The van der Waals surface area contributed by atoms with Gasteiger partial charge in [-0.05, 0) is 40.2 Å². The van der Waals surface area contributed by atoms with E-state index in [1.807, 2.05) is 27.7 Å². The highest BCUT2D eigenvalue weighted by Gasteiger charge is 2.11. The van der Waals surface area contributed by atoms with Crippen molar-refractivity contribution >= 4 is 5.91 Å². The van der Waals surface area contributed by atoms with Gasteiger partial charge in [0, 0.05) is 12.6 Å². The lowest BCUT2D eigenvalue weighted by Crippen LogP contribution is -2.33. The van der Waals surface area contributed by atoms with Crippen molar-refractivity contribution in [3.63, 3.8) is 0 Å². The Bertz CT molecular complexity index is 194. The van der Waals surface area contributed by atoms with Crippen LogP contribution in [0.1, 0.15) is 34.1 Å². The molecule has 0 saturated heterocycles. The third-order valence-corrected chi connectivity index (χ3v) is 1.66. The molecule has 0 radical (unpaired) electrons. The first-order valence-electron chi connectivity index (χ1n) is 4.92. The molecule has 1 amide bonds. The molecule has 0 unspecified atom stereocenters. The highest BCUT2D eigenvalue weighted by atomic mass is 16.5. The van der Waals surface area contributed by atoms with Crippen LogP contribution in [-0.2, 0) is 9.53 Å². The summed E-state index contributed by atoms with van der Waals surface area (Å²) in [5.74, 6) is -0.131. The van der Waals surface area contributed by atoms with Crippen LogP contribution in [0.4, 0.5) is 0 Å². The van der Waals surface area contributed by atoms with E-state index in [-0.39, 0.29) is 17.6 Å². The van der Waals surface area contributed by atoms with E-state index >= 15 is 0 Å². The van der Waals surface area contributed by atoms with E-state index in [0.29, 0.717) is 6.61 Å². The summed E-state index contributed by atoms with van der Waals surface area (Å²) in [6, 6.07) is 0.128. The predicted octanol–water partition coefficient (Wildman–Crippen LogP) is 1.88. The molecule has 14 heavy (non-hydrogen) atoms. The van der Waals surface area contributed by atoms with Gasteiger partial charge in [0.2, 0.25) is 5.91 Å². The number of ether oxygens (including phenoxy) is 1. The Labute approximate surface area is 86.5 Å². The fraction of sp³-hybridized carbons (Fsp3) is 0.727. The molecule has 0 aromatic carbocycles. The highest BCUT2D eigenvalue weighted by Crippen LogP contribution is 2.07. The molecular weight excluding hydrogens is 178 g/mol. The fourth-order valence-electron chi connectivity index (χ4n) is 0.916. The Morgan fingerprint density at radius 1 is 1.57 bits per heavy atom. The number of hydrogen-bond donors (Lipinski definition) is 1. The van der Waals surface area contributed by atoms with Crippen LogP contribution in [0.5, 0.6) is 0 Å². The minimum Gasteiger partial charge on any atom is -0.376 e. The average Bonchev–Trinajstić information content (AvgIpc) is 2.01. The Kier molecular flexibility index (Phi) is 5.46. The van der Waals surface area contributed by atoms with Gasteiger partial charge >= 0.3 is 0 Å². The first-order chi connectivity index (χ1) is 6.35. The van der Waals surface area contributed by atoms with Crippen molar-refractivity contribution in [2.45, 2.75) is 45.8 Å². The molecule has 82 valence electrons. The van der Waals surface area contributed by atoms with Gasteiger partial charge in [0.25, 0.3) is 0 Å². The van der Waals surface area contributed by atoms with Gasteiger partial charge in [-0.1, -0.05) is 6.58 Å². The zero-order chi connectivity index (χ0) is 11.2. The maximum Gasteiger partial charge on any atom is 0.243 e. The van der Waals surface area contributed by atoms with Gasteiger partial charge in [-0.3, -0.25) is 4.79 Å². The number of nitrogens with one attached hydrogen (secondary N) is 1. The summed E-state index contributed by atoms with van der Waals surface area (Å²) < 4.78 is 5.54.